The van der Waals surface area contributed by atoms with Gasteiger partial charge in [0.2, 0.25) is 0 Å². The van der Waals surface area contributed by atoms with E-state index in [9.17, 15) is 0 Å². The molecule has 2 aromatic heterocycles. The van der Waals surface area contributed by atoms with Gasteiger partial charge in [-0.05, 0) is 113 Å². The maximum absolute atomic E-state index is 7.30. The fourth-order valence-corrected chi connectivity index (χ4v) is 9.93. The minimum absolute atomic E-state index is 0.141. The van der Waals surface area contributed by atoms with E-state index in [0.29, 0.717) is 58.7 Å². The minimum atomic E-state index is -0.437. The van der Waals surface area contributed by atoms with E-state index >= 15 is 0 Å². The Balaban J connectivity index is 1.34. The van der Waals surface area contributed by atoms with Crippen molar-refractivity contribution >= 4 is 0 Å². The summed E-state index contributed by atoms with van der Waals surface area (Å²) in [4.78, 5) is 9.40. The Morgan fingerprint density at radius 2 is 0.932 bits per heavy atom. The quantitative estimate of drug-likeness (QED) is 0.145. The van der Waals surface area contributed by atoms with E-state index in [1.54, 1.807) is 6.20 Å². The van der Waals surface area contributed by atoms with Crippen LogP contribution in [-0.2, 0) is 68.2 Å². The third-order valence-corrected chi connectivity index (χ3v) is 14.1. The summed E-state index contributed by atoms with van der Waals surface area (Å²) in [5.74, 6) is 3.46. The van der Waals surface area contributed by atoms with Crippen LogP contribution in [0.4, 0.5) is 0 Å². The molecular formula is C64H80N2O7. The van der Waals surface area contributed by atoms with Crippen LogP contribution < -0.4 is 18.9 Å². The molecule has 0 fully saturated rings. The zero-order chi connectivity index (χ0) is 52.3. The molecule has 9 nitrogen and oxygen atoms in total. The summed E-state index contributed by atoms with van der Waals surface area (Å²) in [5, 5.41) is 0. The van der Waals surface area contributed by atoms with Crippen LogP contribution in [0, 0.1) is 0 Å². The fourth-order valence-electron chi connectivity index (χ4n) is 9.93. The lowest BCUT2D eigenvalue weighted by Crippen LogP contribution is -2.29. The van der Waals surface area contributed by atoms with E-state index in [0.717, 1.165) is 84.6 Å². The number of fused-ring (bicyclic) bond motifs is 9. The molecule has 0 saturated carbocycles. The second-order valence-electron chi connectivity index (χ2n) is 24.1. The third kappa shape index (κ3) is 13.0. The van der Waals surface area contributed by atoms with E-state index in [1.165, 1.54) is 22.3 Å². The lowest BCUT2D eigenvalue weighted by atomic mass is 9.79. The SMILES string of the molecule is COc1c2cc(C(C)(C)C)cc1Cc1cc(C(C)(C)C)cc3c1OCC(COCc1cccc(-c4ccccn4)n1)OCCOCCOc1c(cc(C(C)(C)C)cc1Cc1cc(C(C)(C)C)cc(c1OC)C3)C2. The van der Waals surface area contributed by atoms with Gasteiger partial charge >= 0.3 is 0 Å². The third-order valence-electron chi connectivity index (χ3n) is 14.1. The lowest BCUT2D eigenvalue weighted by molar-refractivity contribution is -0.0598. The molecule has 3 aliphatic rings. The minimum Gasteiger partial charge on any atom is -0.496 e. The highest BCUT2D eigenvalue weighted by Crippen LogP contribution is 2.44. The Kier molecular flexibility index (Phi) is 16.1. The van der Waals surface area contributed by atoms with Crippen molar-refractivity contribution in [1.29, 1.82) is 0 Å². The number of ether oxygens (including phenoxy) is 7. The fraction of sp³-hybridized carbons (Fsp3) is 0.469. The zero-order valence-corrected chi connectivity index (χ0v) is 46.3. The Hall–Kier alpha value is -5.74. The van der Waals surface area contributed by atoms with Crippen molar-refractivity contribution in [3.63, 3.8) is 0 Å². The molecule has 388 valence electrons. The van der Waals surface area contributed by atoms with Crippen molar-refractivity contribution < 1.29 is 33.2 Å². The molecular weight excluding hydrogens is 909 g/mol. The van der Waals surface area contributed by atoms with Gasteiger partial charge in [-0.3, -0.25) is 4.98 Å². The lowest BCUT2D eigenvalue weighted by Gasteiger charge is -2.29. The van der Waals surface area contributed by atoms with Crippen LogP contribution in [-0.4, -0.2) is 69.9 Å². The average Bonchev–Trinajstić information content (AvgIpc) is 3.32. The summed E-state index contributed by atoms with van der Waals surface area (Å²) in [6.45, 7) is 29.7. The zero-order valence-electron chi connectivity index (χ0n) is 46.3. The molecule has 9 heteroatoms. The topological polar surface area (TPSA) is 90.4 Å². The highest BCUT2D eigenvalue weighted by atomic mass is 16.6. The van der Waals surface area contributed by atoms with Gasteiger partial charge in [-0.2, -0.15) is 0 Å². The first-order chi connectivity index (χ1) is 34.6. The molecule has 6 aromatic rings. The number of pyridine rings is 2. The van der Waals surface area contributed by atoms with Crippen LogP contribution in [0.2, 0.25) is 0 Å². The van der Waals surface area contributed by atoms with Crippen LogP contribution in [0.3, 0.4) is 0 Å². The normalized spacial score (nSPS) is 16.0. The molecule has 4 heterocycles. The number of aromatic nitrogens is 2. The van der Waals surface area contributed by atoms with Gasteiger partial charge in [-0.1, -0.05) is 144 Å². The molecule has 0 saturated heterocycles. The molecule has 73 heavy (non-hydrogen) atoms. The molecule has 1 atom stereocenters. The summed E-state index contributed by atoms with van der Waals surface area (Å²) in [5.41, 5.74) is 15.6. The van der Waals surface area contributed by atoms with E-state index in [4.69, 9.17) is 38.1 Å². The molecule has 2 aliphatic heterocycles. The second kappa shape index (κ2) is 22.0. The van der Waals surface area contributed by atoms with Crippen molar-refractivity contribution in [2.45, 2.75) is 143 Å². The predicted octanol–water partition coefficient (Wildman–Crippen LogP) is 13.4. The summed E-state index contributed by atoms with van der Waals surface area (Å²) >= 11 is 0. The molecule has 1 unspecified atom stereocenters. The van der Waals surface area contributed by atoms with Crippen LogP contribution in [0.15, 0.2) is 91.1 Å². The van der Waals surface area contributed by atoms with Gasteiger partial charge < -0.3 is 33.2 Å². The maximum Gasteiger partial charge on any atom is 0.126 e. The summed E-state index contributed by atoms with van der Waals surface area (Å²) in [6, 6.07) is 30.6. The summed E-state index contributed by atoms with van der Waals surface area (Å²) < 4.78 is 46.9. The monoisotopic (exact) mass is 989 g/mol. The smallest absolute Gasteiger partial charge is 0.126 e. The Morgan fingerprint density at radius 3 is 1.37 bits per heavy atom. The molecule has 1 aliphatic carbocycles. The van der Waals surface area contributed by atoms with Crippen molar-refractivity contribution in [1.82, 2.24) is 9.97 Å². The highest BCUT2D eigenvalue weighted by Gasteiger charge is 2.30. The largest absolute Gasteiger partial charge is 0.496 e. The van der Waals surface area contributed by atoms with E-state index < -0.39 is 6.10 Å². The second-order valence-corrected chi connectivity index (χ2v) is 24.1. The average molecular weight is 989 g/mol. The standard InChI is InChI=1S/C64H80N2O7/c1-61(2,3)49-30-41-26-45-34-51(63(7,8)9)35-46-27-42-31-50(62(4,5)6)33-44(58(42)68-14)29-48-37-52(64(10,11)12)36-47(28-43(32-49)57(41)67-13)60(48)73-40-54(71-24-22-69-23-25-72-59(45)46)39-70-38-53-18-17-20-56(66-53)55-19-15-16-21-65-55/h15-21,30-37,54H,22-29,38-40H2,1-14H3. The molecule has 0 radical (unpaired) electrons. The summed E-state index contributed by atoms with van der Waals surface area (Å²) in [7, 11) is 3.62. The van der Waals surface area contributed by atoms with Crippen LogP contribution in [0.5, 0.6) is 23.0 Å². The van der Waals surface area contributed by atoms with Crippen molar-refractivity contribution in [3.05, 3.63) is 164 Å². The van der Waals surface area contributed by atoms with Crippen LogP contribution in [0.1, 0.15) is 156 Å². The number of methoxy groups -OCH3 is 2. The first kappa shape index (κ1) is 53.5. The Morgan fingerprint density at radius 1 is 0.493 bits per heavy atom. The van der Waals surface area contributed by atoms with Crippen molar-refractivity contribution in [3.8, 4) is 34.4 Å². The van der Waals surface area contributed by atoms with Gasteiger partial charge in [0, 0.05) is 31.9 Å². The first-order valence-corrected chi connectivity index (χ1v) is 26.2. The van der Waals surface area contributed by atoms with Gasteiger partial charge in [0.1, 0.15) is 42.3 Å². The van der Waals surface area contributed by atoms with E-state index in [1.807, 2.05) is 50.6 Å². The Labute approximate surface area is 436 Å². The maximum atomic E-state index is 7.30. The first-order valence-electron chi connectivity index (χ1n) is 26.2. The summed E-state index contributed by atoms with van der Waals surface area (Å²) in [6.07, 6.45) is 3.69. The van der Waals surface area contributed by atoms with Crippen LogP contribution in [0.25, 0.3) is 11.4 Å². The molecule has 0 amide bonds. The number of hydrogen-bond acceptors (Lipinski definition) is 9. The molecule has 10 bridgehead atoms. The Bertz CT molecular complexity index is 2760. The molecule has 4 aromatic carbocycles. The number of hydrogen-bond donors (Lipinski definition) is 0. The van der Waals surface area contributed by atoms with E-state index in [-0.39, 0.29) is 34.9 Å². The van der Waals surface area contributed by atoms with E-state index in [2.05, 4.69) is 137 Å². The van der Waals surface area contributed by atoms with Crippen LogP contribution >= 0.6 is 0 Å². The van der Waals surface area contributed by atoms with Gasteiger partial charge in [-0.25, -0.2) is 4.98 Å². The van der Waals surface area contributed by atoms with Crippen molar-refractivity contribution in [2.75, 3.05) is 53.9 Å². The van der Waals surface area contributed by atoms with Gasteiger partial charge in [-0.15, -0.1) is 0 Å². The van der Waals surface area contributed by atoms with Gasteiger partial charge in [0.15, 0.2) is 0 Å². The highest BCUT2D eigenvalue weighted by molar-refractivity contribution is 5.60. The van der Waals surface area contributed by atoms with Gasteiger partial charge in [0.25, 0.3) is 0 Å². The molecule has 0 N–H and O–H groups in total. The number of rotatable bonds is 7. The predicted molar refractivity (Wildman–Crippen MR) is 294 cm³/mol. The van der Waals surface area contributed by atoms with Crippen molar-refractivity contribution in [2.24, 2.45) is 0 Å². The molecule has 0 spiro atoms. The molecule has 9 rings (SSSR count). The van der Waals surface area contributed by atoms with Gasteiger partial charge in [0.05, 0.1) is 64.3 Å². The number of benzene rings is 4. The number of nitrogens with zero attached hydrogens (tertiary/aromatic N) is 2.